The first-order valence-corrected chi connectivity index (χ1v) is 7.31. The maximum absolute atomic E-state index is 12.7. The summed E-state index contributed by atoms with van der Waals surface area (Å²) < 4.78 is 48.1. The zero-order valence-electron chi connectivity index (χ0n) is 14.4. The van der Waals surface area contributed by atoms with Crippen LogP contribution in [0.1, 0.15) is 36.9 Å². The molecule has 27 heavy (non-hydrogen) atoms. The molecule has 2 aromatic rings. The van der Waals surface area contributed by atoms with Crippen LogP contribution in [0.2, 0.25) is 0 Å². The van der Waals surface area contributed by atoms with E-state index in [1.54, 1.807) is 0 Å². The van der Waals surface area contributed by atoms with Crippen molar-refractivity contribution in [3.05, 3.63) is 46.8 Å². The van der Waals surface area contributed by atoms with Gasteiger partial charge in [0.1, 0.15) is 5.69 Å². The van der Waals surface area contributed by atoms with Crippen molar-refractivity contribution < 1.29 is 37.0 Å². The maximum atomic E-state index is 12.7. The number of hydrogen-bond donors (Lipinski definition) is 1. The van der Waals surface area contributed by atoms with E-state index in [4.69, 9.17) is 0 Å². The molecule has 8 nitrogen and oxygen atoms in total. The average molecular weight is 385 g/mol. The van der Waals surface area contributed by atoms with Crippen molar-refractivity contribution in [2.24, 2.45) is 7.05 Å². The van der Waals surface area contributed by atoms with Crippen LogP contribution < -0.4 is 5.32 Å². The number of aryl methyl sites for hydroxylation is 1. The molecule has 2 rings (SSSR count). The second kappa shape index (κ2) is 7.48. The summed E-state index contributed by atoms with van der Waals surface area (Å²) in [6.45, 7) is 0. The minimum atomic E-state index is -4.71. The highest BCUT2D eigenvalue weighted by molar-refractivity contribution is 6.05. The van der Waals surface area contributed by atoms with Crippen molar-refractivity contribution in [1.82, 2.24) is 9.78 Å². The number of nitrogens with zero attached hydrogens (tertiary/aromatic N) is 2. The van der Waals surface area contributed by atoms with Crippen molar-refractivity contribution in [3.8, 4) is 0 Å². The Balaban J connectivity index is 2.38. The van der Waals surface area contributed by atoms with Crippen molar-refractivity contribution >= 4 is 23.5 Å². The van der Waals surface area contributed by atoms with Crippen LogP contribution in [0.4, 0.5) is 18.9 Å². The molecule has 1 aromatic heterocycles. The highest BCUT2D eigenvalue weighted by Crippen LogP contribution is 2.28. The second-order valence-corrected chi connectivity index (χ2v) is 5.27. The Bertz CT molecular complexity index is 871. The molecular formula is C16H14F3N3O5. The third-order valence-electron chi connectivity index (χ3n) is 3.44. The van der Waals surface area contributed by atoms with Crippen LogP contribution in [0.3, 0.4) is 0 Å². The molecule has 0 aliphatic carbocycles. The molecule has 0 unspecified atom stereocenters. The SMILES string of the molecule is COC(=O)c1cc(NC(=O)c2cc(C(F)(F)F)nn2C)cc(C(=O)OC)c1. The number of anilines is 1. The summed E-state index contributed by atoms with van der Waals surface area (Å²) in [5.74, 6) is -2.48. The quantitative estimate of drug-likeness (QED) is 0.811. The second-order valence-electron chi connectivity index (χ2n) is 5.27. The van der Waals surface area contributed by atoms with Gasteiger partial charge in [-0.25, -0.2) is 9.59 Å². The number of rotatable bonds is 4. The summed E-state index contributed by atoms with van der Waals surface area (Å²) in [7, 11) is 3.42. The lowest BCUT2D eigenvalue weighted by Crippen LogP contribution is -2.17. The Morgan fingerprint density at radius 1 is 1.00 bits per heavy atom. The lowest BCUT2D eigenvalue weighted by molar-refractivity contribution is -0.141. The molecule has 1 aromatic carbocycles. The number of benzene rings is 1. The zero-order chi connectivity index (χ0) is 20.4. The number of esters is 2. The minimum absolute atomic E-state index is 0.0157. The molecule has 144 valence electrons. The van der Waals surface area contributed by atoms with Gasteiger partial charge in [0.05, 0.1) is 25.3 Å². The van der Waals surface area contributed by atoms with E-state index in [1.807, 2.05) is 0 Å². The standard InChI is InChI=1S/C16H14F3N3O5/c1-22-11(7-12(21-22)16(17,18)19)13(23)20-10-5-8(14(24)26-2)4-9(6-10)15(25)27-3/h4-7H,1-3H3,(H,20,23). The van der Waals surface area contributed by atoms with Gasteiger partial charge in [-0.3, -0.25) is 9.48 Å². The largest absolute Gasteiger partial charge is 0.465 e. The van der Waals surface area contributed by atoms with Crippen molar-refractivity contribution in [1.29, 1.82) is 0 Å². The fourth-order valence-corrected chi connectivity index (χ4v) is 2.18. The summed E-state index contributed by atoms with van der Waals surface area (Å²) in [5.41, 5.74) is -1.73. The van der Waals surface area contributed by atoms with E-state index < -0.39 is 29.7 Å². The van der Waals surface area contributed by atoms with Crippen LogP contribution in [-0.4, -0.2) is 41.8 Å². The molecule has 1 N–H and O–H groups in total. The molecule has 1 heterocycles. The van der Waals surface area contributed by atoms with E-state index in [0.29, 0.717) is 6.07 Å². The number of amides is 1. The number of hydrogen-bond acceptors (Lipinski definition) is 6. The molecule has 0 spiro atoms. The fourth-order valence-electron chi connectivity index (χ4n) is 2.18. The molecule has 0 radical (unpaired) electrons. The Labute approximate surface area is 150 Å². The van der Waals surface area contributed by atoms with E-state index in [1.165, 1.54) is 25.2 Å². The highest BCUT2D eigenvalue weighted by atomic mass is 19.4. The molecular weight excluding hydrogens is 371 g/mol. The topological polar surface area (TPSA) is 99.5 Å². The van der Waals surface area contributed by atoms with Gasteiger partial charge in [0, 0.05) is 18.8 Å². The molecule has 1 amide bonds. The Morgan fingerprint density at radius 2 is 1.52 bits per heavy atom. The van der Waals surface area contributed by atoms with Crippen LogP contribution >= 0.6 is 0 Å². The van der Waals surface area contributed by atoms with Crippen LogP contribution in [0.5, 0.6) is 0 Å². The molecule has 0 aliphatic rings. The van der Waals surface area contributed by atoms with Crippen molar-refractivity contribution in [2.75, 3.05) is 19.5 Å². The third kappa shape index (κ3) is 4.43. The van der Waals surface area contributed by atoms with E-state index in [2.05, 4.69) is 19.9 Å². The molecule has 0 atom stereocenters. The first-order chi connectivity index (χ1) is 12.6. The minimum Gasteiger partial charge on any atom is -0.465 e. The van der Waals surface area contributed by atoms with E-state index in [-0.39, 0.29) is 22.5 Å². The summed E-state index contributed by atoms with van der Waals surface area (Å²) in [4.78, 5) is 35.8. The number of nitrogens with one attached hydrogen (secondary N) is 1. The van der Waals surface area contributed by atoms with Crippen LogP contribution in [0.15, 0.2) is 24.3 Å². The maximum Gasteiger partial charge on any atom is 0.435 e. The van der Waals surface area contributed by atoms with Crippen LogP contribution in [0.25, 0.3) is 0 Å². The van der Waals surface area contributed by atoms with E-state index in [9.17, 15) is 27.6 Å². The predicted octanol–water partition coefficient (Wildman–Crippen LogP) is 2.26. The van der Waals surface area contributed by atoms with E-state index >= 15 is 0 Å². The van der Waals surface area contributed by atoms with Gasteiger partial charge in [-0.2, -0.15) is 18.3 Å². The normalized spacial score (nSPS) is 11.0. The zero-order valence-corrected chi connectivity index (χ0v) is 14.4. The van der Waals surface area contributed by atoms with E-state index in [0.717, 1.165) is 18.9 Å². The highest BCUT2D eigenvalue weighted by Gasteiger charge is 2.35. The number of aromatic nitrogens is 2. The van der Waals surface area contributed by atoms with Crippen molar-refractivity contribution in [3.63, 3.8) is 0 Å². The number of carbonyl (C=O) groups is 3. The molecule has 0 saturated carbocycles. The monoisotopic (exact) mass is 385 g/mol. The Hall–Kier alpha value is -3.37. The Morgan fingerprint density at radius 3 is 1.93 bits per heavy atom. The molecule has 0 fully saturated rings. The smallest absolute Gasteiger partial charge is 0.435 e. The van der Waals surface area contributed by atoms with Gasteiger partial charge in [0.15, 0.2) is 5.69 Å². The summed E-state index contributed by atoms with van der Waals surface area (Å²) in [6, 6.07) is 4.19. The molecule has 0 aliphatic heterocycles. The third-order valence-corrected chi connectivity index (χ3v) is 3.44. The first kappa shape index (κ1) is 19.9. The first-order valence-electron chi connectivity index (χ1n) is 7.31. The lowest BCUT2D eigenvalue weighted by Gasteiger charge is -2.09. The molecule has 0 bridgehead atoms. The molecule has 0 saturated heterocycles. The number of methoxy groups -OCH3 is 2. The van der Waals surface area contributed by atoms with Crippen LogP contribution in [-0.2, 0) is 22.7 Å². The van der Waals surface area contributed by atoms with Gasteiger partial charge >= 0.3 is 18.1 Å². The van der Waals surface area contributed by atoms with Gasteiger partial charge < -0.3 is 14.8 Å². The predicted molar refractivity (Wildman–Crippen MR) is 85.3 cm³/mol. The van der Waals surface area contributed by atoms with Gasteiger partial charge in [0.25, 0.3) is 5.91 Å². The van der Waals surface area contributed by atoms with Gasteiger partial charge in [-0.1, -0.05) is 0 Å². The number of ether oxygens (including phenoxy) is 2. The lowest BCUT2D eigenvalue weighted by atomic mass is 10.1. The number of halogens is 3. The Kier molecular flexibility index (Phi) is 5.52. The average Bonchev–Trinajstić information content (AvgIpc) is 3.02. The fraction of sp³-hybridized carbons (Fsp3) is 0.250. The number of alkyl halides is 3. The summed E-state index contributed by atoms with van der Waals surface area (Å²) >= 11 is 0. The molecule has 11 heteroatoms. The summed E-state index contributed by atoms with van der Waals surface area (Å²) in [6.07, 6.45) is -4.71. The van der Waals surface area contributed by atoms with Gasteiger partial charge in [-0.15, -0.1) is 0 Å². The van der Waals surface area contributed by atoms with Gasteiger partial charge in [-0.05, 0) is 18.2 Å². The van der Waals surface area contributed by atoms with Crippen LogP contribution in [0, 0.1) is 0 Å². The summed E-state index contributed by atoms with van der Waals surface area (Å²) in [5, 5.41) is 5.57. The number of carbonyl (C=O) groups excluding carboxylic acids is 3. The van der Waals surface area contributed by atoms with Crippen molar-refractivity contribution in [2.45, 2.75) is 6.18 Å². The van der Waals surface area contributed by atoms with Gasteiger partial charge in [0.2, 0.25) is 0 Å².